The number of nitrogens with one attached hydrogen (secondary N) is 1. The Morgan fingerprint density at radius 3 is 2.44 bits per heavy atom. The molecule has 8 heteroatoms. The van der Waals surface area contributed by atoms with Crippen molar-refractivity contribution in [2.24, 2.45) is 0 Å². The third-order valence-electron chi connectivity index (χ3n) is 3.74. The molecule has 4 nitrogen and oxygen atoms in total. The molecule has 0 bridgehead atoms. The summed E-state index contributed by atoms with van der Waals surface area (Å²) in [4.78, 5) is 0.146. The van der Waals surface area contributed by atoms with Gasteiger partial charge in [-0.15, -0.1) is 0 Å². The van der Waals surface area contributed by atoms with Gasteiger partial charge in [0.05, 0.1) is 17.0 Å². The van der Waals surface area contributed by atoms with Crippen molar-refractivity contribution in [2.75, 3.05) is 13.2 Å². The normalized spacial score (nSPS) is 11.6. The number of ether oxygens (including phenoxy) is 1. The highest BCUT2D eigenvalue weighted by Gasteiger charge is 2.30. The van der Waals surface area contributed by atoms with E-state index in [1.54, 1.807) is 12.1 Å². The molecule has 0 saturated heterocycles. The highest BCUT2D eigenvalue weighted by molar-refractivity contribution is 7.89. The highest BCUT2D eigenvalue weighted by atomic mass is 32.2. The van der Waals surface area contributed by atoms with Crippen LogP contribution in [-0.2, 0) is 16.2 Å². The van der Waals surface area contributed by atoms with Gasteiger partial charge >= 0.3 is 6.18 Å². The highest BCUT2D eigenvalue weighted by Crippen LogP contribution is 2.31. The van der Waals surface area contributed by atoms with Crippen molar-refractivity contribution in [2.45, 2.75) is 24.9 Å². The molecule has 0 aromatic heterocycles. The summed E-state index contributed by atoms with van der Waals surface area (Å²) in [5.41, 5.74) is 1.04. The first-order valence-electron chi connectivity index (χ1n) is 7.92. The van der Waals surface area contributed by atoms with Crippen molar-refractivity contribution in [3.05, 3.63) is 59.2 Å². The van der Waals surface area contributed by atoms with Crippen molar-refractivity contribution < 1.29 is 26.3 Å². The average molecular weight is 397 g/mol. The van der Waals surface area contributed by atoms with E-state index < -0.39 is 21.8 Å². The van der Waals surface area contributed by atoms with Crippen LogP contribution in [0.2, 0.25) is 0 Å². The monoisotopic (exact) mass is 397 g/mol. The average Bonchev–Trinajstić information content (AvgIpc) is 2.59. The van der Waals surface area contributed by atoms with Gasteiger partial charge in [0.2, 0.25) is 10.0 Å². The SMILES string of the molecule is Cc1ccc(S(=O)(=O)NCC#CCOc2cccc(C(F)(F)F)c2)cc1C. The Morgan fingerprint density at radius 2 is 1.78 bits per heavy atom. The molecule has 0 aliphatic rings. The molecular formula is C19H18F3NO3S. The smallest absolute Gasteiger partial charge is 0.416 e. The zero-order valence-electron chi connectivity index (χ0n) is 14.7. The quantitative estimate of drug-likeness (QED) is 0.783. The van der Waals surface area contributed by atoms with E-state index in [9.17, 15) is 21.6 Å². The van der Waals surface area contributed by atoms with Crippen molar-refractivity contribution in [3.63, 3.8) is 0 Å². The summed E-state index contributed by atoms with van der Waals surface area (Å²) in [5.74, 6) is 5.16. The zero-order valence-corrected chi connectivity index (χ0v) is 15.5. The van der Waals surface area contributed by atoms with Crippen molar-refractivity contribution in [1.82, 2.24) is 4.72 Å². The molecule has 2 rings (SSSR count). The number of rotatable bonds is 5. The Balaban J connectivity index is 1.88. The molecule has 0 unspecified atom stereocenters. The van der Waals surface area contributed by atoms with E-state index in [4.69, 9.17) is 4.74 Å². The lowest BCUT2D eigenvalue weighted by Crippen LogP contribution is -2.24. The molecule has 0 saturated carbocycles. The van der Waals surface area contributed by atoms with Gasteiger partial charge in [-0.25, -0.2) is 8.42 Å². The van der Waals surface area contributed by atoms with Crippen LogP contribution in [0.3, 0.4) is 0 Å². The van der Waals surface area contributed by atoms with E-state index >= 15 is 0 Å². The lowest BCUT2D eigenvalue weighted by atomic mass is 10.1. The van der Waals surface area contributed by atoms with Gasteiger partial charge < -0.3 is 4.74 Å². The molecular weight excluding hydrogens is 379 g/mol. The topological polar surface area (TPSA) is 55.4 Å². The summed E-state index contributed by atoms with van der Waals surface area (Å²) in [5, 5.41) is 0. The lowest BCUT2D eigenvalue weighted by Gasteiger charge is -2.08. The predicted molar refractivity (Wildman–Crippen MR) is 95.8 cm³/mol. The number of alkyl halides is 3. The van der Waals surface area contributed by atoms with Crippen LogP contribution < -0.4 is 9.46 Å². The molecule has 0 atom stereocenters. The summed E-state index contributed by atoms with van der Waals surface area (Å²) in [6, 6.07) is 9.25. The second kappa shape index (κ2) is 8.46. The van der Waals surface area contributed by atoms with Crippen LogP contribution in [0.1, 0.15) is 16.7 Å². The summed E-state index contributed by atoms with van der Waals surface area (Å²) in [7, 11) is -3.68. The molecule has 144 valence electrons. The fourth-order valence-corrected chi connectivity index (χ4v) is 3.10. The Morgan fingerprint density at radius 1 is 1.04 bits per heavy atom. The second-order valence-corrected chi connectivity index (χ2v) is 7.51. The maximum absolute atomic E-state index is 12.6. The molecule has 0 spiro atoms. The zero-order chi connectivity index (χ0) is 20.1. The van der Waals surface area contributed by atoms with Crippen LogP contribution in [0, 0.1) is 25.7 Å². The third kappa shape index (κ3) is 6.01. The van der Waals surface area contributed by atoms with E-state index in [1.807, 2.05) is 13.8 Å². The Hall–Kier alpha value is -2.50. The molecule has 0 fully saturated rings. The van der Waals surface area contributed by atoms with Gasteiger partial charge in [-0.05, 0) is 55.3 Å². The third-order valence-corrected chi connectivity index (χ3v) is 5.14. The van der Waals surface area contributed by atoms with Crippen LogP contribution >= 0.6 is 0 Å². The molecule has 2 aromatic carbocycles. The largest absolute Gasteiger partial charge is 0.481 e. The lowest BCUT2D eigenvalue weighted by molar-refractivity contribution is -0.137. The summed E-state index contributed by atoms with van der Waals surface area (Å²) >= 11 is 0. The van der Waals surface area contributed by atoms with Crippen molar-refractivity contribution in [1.29, 1.82) is 0 Å². The summed E-state index contributed by atoms with van der Waals surface area (Å²) < 4.78 is 69.6. The standard InChI is InChI=1S/C19H18F3NO3S/c1-14-8-9-18(12-15(14)2)27(24,25)23-10-3-4-11-26-17-7-5-6-16(13-17)19(20,21)22/h5-9,12-13,23H,10-11H2,1-2H3. The minimum Gasteiger partial charge on any atom is -0.481 e. The van der Waals surface area contributed by atoms with E-state index in [0.717, 1.165) is 23.3 Å². The first kappa shape index (κ1) is 20.8. The number of hydrogen-bond acceptors (Lipinski definition) is 3. The van der Waals surface area contributed by atoms with E-state index in [1.165, 1.54) is 18.2 Å². The molecule has 1 N–H and O–H groups in total. The minimum absolute atomic E-state index is 0.0369. The van der Waals surface area contributed by atoms with E-state index in [2.05, 4.69) is 16.6 Å². The van der Waals surface area contributed by atoms with Gasteiger partial charge in [-0.3, -0.25) is 0 Å². The Bertz CT molecular complexity index is 974. The van der Waals surface area contributed by atoms with Gasteiger partial charge in [0.15, 0.2) is 0 Å². The van der Waals surface area contributed by atoms with Gasteiger partial charge in [0.1, 0.15) is 12.4 Å². The maximum atomic E-state index is 12.6. The van der Waals surface area contributed by atoms with Crippen LogP contribution in [0.15, 0.2) is 47.4 Å². The molecule has 27 heavy (non-hydrogen) atoms. The number of hydrogen-bond donors (Lipinski definition) is 1. The van der Waals surface area contributed by atoms with Crippen LogP contribution in [0.4, 0.5) is 13.2 Å². The van der Waals surface area contributed by atoms with Gasteiger partial charge in [0, 0.05) is 0 Å². The Kier molecular flexibility index (Phi) is 6.52. The molecule has 0 heterocycles. The molecule has 0 aliphatic carbocycles. The van der Waals surface area contributed by atoms with Crippen LogP contribution in [-0.4, -0.2) is 21.6 Å². The summed E-state index contributed by atoms with van der Waals surface area (Å²) in [6.07, 6.45) is -4.45. The molecule has 2 aromatic rings. The first-order valence-corrected chi connectivity index (χ1v) is 9.40. The number of halogens is 3. The first-order chi connectivity index (χ1) is 12.6. The fraction of sp³-hybridized carbons (Fsp3) is 0.263. The number of sulfonamides is 1. The maximum Gasteiger partial charge on any atom is 0.416 e. The number of aryl methyl sites for hydroxylation is 2. The predicted octanol–water partition coefficient (Wildman–Crippen LogP) is 3.68. The van der Waals surface area contributed by atoms with Crippen molar-refractivity contribution >= 4 is 10.0 Å². The van der Waals surface area contributed by atoms with Crippen molar-refractivity contribution in [3.8, 4) is 17.6 Å². The van der Waals surface area contributed by atoms with Gasteiger partial charge in [-0.1, -0.05) is 24.0 Å². The Labute approximate surface area is 156 Å². The molecule has 0 aliphatic heterocycles. The molecule has 0 radical (unpaired) electrons. The minimum atomic E-state index is -4.45. The van der Waals surface area contributed by atoms with Gasteiger partial charge in [-0.2, -0.15) is 17.9 Å². The summed E-state index contributed by atoms with van der Waals surface area (Å²) in [6.45, 7) is 3.40. The fourth-order valence-electron chi connectivity index (χ4n) is 2.09. The number of benzene rings is 2. The van der Waals surface area contributed by atoms with E-state index in [0.29, 0.717) is 0 Å². The van der Waals surface area contributed by atoms with E-state index in [-0.39, 0.29) is 23.8 Å². The molecule has 0 amide bonds. The van der Waals surface area contributed by atoms with Gasteiger partial charge in [0.25, 0.3) is 0 Å². The second-order valence-electron chi connectivity index (χ2n) is 5.74. The van der Waals surface area contributed by atoms with Crippen LogP contribution in [0.5, 0.6) is 5.75 Å². The van der Waals surface area contributed by atoms with Crippen LogP contribution in [0.25, 0.3) is 0 Å².